The zero-order chi connectivity index (χ0) is 11.5. The Balaban J connectivity index is 4.51. The molecule has 0 saturated carbocycles. The summed E-state index contributed by atoms with van der Waals surface area (Å²) in [6, 6.07) is 0. The highest BCUT2D eigenvalue weighted by molar-refractivity contribution is 7.89. The summed E-state index contributed by atoms with van der Waals surface area (Å²) in [5.41, 5.74) is 5.08. The number of nitrogens with one attached hydrogen (secondary N) is 1. The van der Waals surface area contributed by atoms with Gasteiger partial charge in [0.2, 0.25) is 0 Å². The van der Waals surface area contributed by atoms with Crippen molar-refractivity contribution in [2.75, 3.05) is 13.6 Å². The van der Waals surface area contributed by atoms with E-state index in [4.69, 9.17) is 11.1 Å². The highest BCUT2D eigenvalue weighted by atomic mass is 32.2. The molecule has 84 valence electrons. The van der Waals surface area contributed by atoms with Gasteiger partial charge in [-0.1, -0.05) is 6.92 Å². The van der Waals surface area contributed by atoms with Crippen LogP contribution in [0.2, 0.25) is 0 Å². The van der Waals surface area contributed by atoms with Gasteiger partial charge in [-0.15, -0.1) is 0 Å². The Bertz CT molecular complexity index is 304. The molecule has 1 unspecified atom stereocenters. The minimum atomic E-state index is -4.56. The number of amidine groups is 1. The molecule has 3 N–H and O–H groups in total. The molecule has 0 aromatic rings. The second-order valence-electron chi connectivity index (χ2n) is 2.94. The van der Waals surface area contributed by atoms with Crippen LogP contribution < -0.4 is 5.73 Å². The molecule has 0 fully saturated rings. The lowest BCUT2D eigenvalue weighted by Crippen LogP contribution is -2.38. The number of halogens is 2. The Kier molecular flexibility index (Phi) is 4.40. The monoisotopic (exact) mass is 229 g/mol. The van der Waals surface area contributed by atoms with Gasteiger partial charge in [0, 0.05) is 19.5 Å². The molecule has 0 bridgehead atoms. The highest BCUT2D eigenvalue weighted by Gasteiger charge is 2.30. The highest BCUT2D eigenvalue weighted by Crippen LogP contribution is 2.11. The van der Waals surface area contributed by atoms with E-state index in [-0.39, 0.29) is 12.4 Å². The van der Waals surface area contributed by atoms with Crippen molar-refractivity contribution in [1.82, 2.24) is 4.31 Å². The topological polar surface area (TPSA) is 87.2 Å². The molecule has 14 heavy (non-hydrogen) atoms. The number of nitrogens with zero attached hydrogens (tertiary/aromatic N) is 1. The fourth-order valence-electron chi connectivity index (χ4n) is 0.724. The summed E-state index contributed by atoms with van der Waals surface area (Å²) in [4.78, 5) is 0. The largest absolute Gasteiger partial charge is 0.387 e. The number of sulfonamides is 1. The van der Waals surface area contributed by atoms with Crippen molar-refractivity contribution in [2.45, 2.75) is 12.7 Å². The number of nitrogens with two attached hydrogens (primary N) is 1. The predicted octanol–water partition coefficient (Wildman–Crippen LogP) is 0.0427. The van der Waals surface area contributed by atoms with Crippen LogP contribution in [0.25, 0.3) is 0 Å². The van der Waals surface area contributed by atoms with Crippen molar-refractivity contribution in [3.8, 4) is 0 Å². The molecule has 0 amide bonds. The van der Waals surface area contributed by atoms with Crippen LogP contribution in [0.15, 0.2) is 0 Å². The van der Waals surface area contributed by atoms with E-state index < -0.39 is 21.7 Å². The third-order valence-electron chi connectivity index (χ3n) is 1.72. The first-order valence-corrected chi connectivity index (χ1v) is 5.27. The van der Waals surface area contributed by atoms with E-state index in [2.05, 4.69) is 0 Å². The summed E-state index contributed by atoms with van der Waals surface area (Å²) in [6.45, 7) is 1.27. The average molecular weight is 229 g/mol. The van der Waals surface area contributed by atoms with Gasteiger partial charge in [0.25, 0.3) is 10.0 Å². The summed E-state index contributed by atoms with van der Waals surface area (Å²) in [5, 5.41) is 6.97. The van der Waals surface area contributed by atoms with Crippen molar-refractivity contribution in [2.24, 2.45) is 11.7 Å². The Morgan fingerprint density at radius 2 is 2.00 bits per heavy atom. The molecule has 1 atom stereocenters. The van der Waals surface area contributed by atoms with Gasteiger partial charge in [-0.05, 0) is 0 Å². The van der Waals surface area contributed by atoms with Crippen LogP contribution in [0.3, 0.4) is 0 Å². The molecule has 0 aliphatic carbocycles. The Morgan fingerprint density at radius 1 is 1.57 bits per heavy atom. The van der Waals surface area contributed by atoms with Crippen LogP contribution in [-0.2, 0) is 10.0 Å². The van der Waals surface area contributed by atoms with E-state index in [9.17, 15) is 17.2 Å². The molecule has 0 aliphatic heterocycles. The molecular weight excluding hydrogens is 216 g/mol. The van der Waals surface area contributed by atoms with E-state index in [1.165, 1.54) is 6.92 Å². The van der Waals surface area contributed by atoms with E-state index in [0.29, 0.717) is 4.31 Å². The normalized spacial score (nSPS) is 14.7. The van der Waals surface area contributed by atoms with Gasteiger partial charge in [-0.25, -0.2) is 8.42 Å². The SMILES string of the molecule is CC(CN(C)S(=O)(=O)C(F)F)C(=N)N. The molecule has 8 heteroatoms. The average Bonchev–Trinajstić information content (AvgIpc) is 2.03. The van der Waals surface area contributed by atoms with Crippen LogP contribution in [0.5, 0.6) is 0 Å². The number of hydrogen-bond acceptors (Lipinski definition) is 3. The third kappa shape index (κ3) is 3.18. The van der Waals surface area contributed by atoms with Gasteiger partial charge < -0.3 is 5.73 Å². The van der Waals surface area contributed by atoms with E-state index in [0.717, 1.165) is 7.05 Å². The van der Waals surface area contributed by atoms with Gasteiger partial charge in [-0.2, -0.15) is 13.1 Å². The van der Waals surface area contributed by atoms with Crippen LogP contribution in [0.1, 0.15) is 6.92 Å². The molecule has 0 heterocycles. The van der Waals surface area contributed by atoms with E-state index in [1.807, 2.05) is 0 Å². The molecule has 0 aliphatic rings. The molecular formula is C6H13F2N3O2S. The van der Waals surface area contributed by atoms with Crippen LogP contribution in [-0.4, -0.2) is 37.9 Å². The second kappa shape index (κ2) is 4.65. The maximum absolute atomic E-state index is 12.0. The lowest BCUT2D eigenvalue weighted by atomic mass is 10.2. The van der Waals surface area contributed by atoms with Crippen molar-refractivity contribution >= 4 is 15.9 Å². The molecule has 0 saturated heterocycles. The lowest BCUT2D eigenvalue weighted by Gasteiger charge is -2.19. The fourth-order valence-corrected chi connectivity index (χ4v) is 1.43. The van der Waals surface area contributed by atoms with Gasteiger partial charge in [0.05, 0.1) is 5.84 Å². The molecule has 0 spiro atoms. The number of hydrogen-bond donors (Lipinski definition) is 2. The van der Waals surface area contributed by atoms with Gasteiger partial charge in [0.1, 0.15) is 0 Å². The smallest absolute Gasteiger partial charge is 0.350 e. The standard InChI is InChI=1S/C6H13F2N3O2S/c1-4(5(9)10)3-11(2)14(12,13)6(7)8/h4,6H,3H2,1-2H3,(H3,9,10). The first kappa shape index (κ1) is 13.2. The van der Waals surface area contributed by atoms with Crippen molar-refractivity contribution in [3.63, 3.8) is 0 Å². The fraction of sp³-hybridized carbons (Fsp3) is 0.833. The van der Waals surface area contributed by atoms with Crippen LogP contribution in [0, 0.1) is 11.3 Å². The first-order chi connectivity index (χ1) is 6.19. The van der Waals surface area contributed by atoms with Crippen LogP contribution >= 0.6 is 0 Å². The first-order valence-electron chi connectivity index (χ1n) is 3.76. The zero-order valence-corrected chi connectivity index (χ0v) is 8.68. The molecule has 0 rings (SSSR count). The van der Waals surface area contributed by atoms with Crippen molar-refractivity contribution in [1.29, 1.82) is 5.41 Å². The summed E-state index contributed by atoms with van der Waals surface area (Å²) in [6.07, 6.45) is 0. The number of rotatable bonds is 5. The maximum Gasteiger partial charge on any atom is 0.350 e. The summed E-state index contributed by atoms with van der Waals surface area (Å²) in [7, 11) is -3.53. The summed E-state index contributed by atoms with van der Waals surface area (Å²) in [5.74, 6) is -4.25. The Hall–Kier alpha value is -0.760. The minimum absolute atomic E-state index is 0.220. The molecule has 0 radical (unpaired) electrons. The van der Waals surface area contributed by atoms with E-state index in [1.54, 1.807) is 0 Å². The summed E-state index contributed by atoms with van der Waals surface area (Å²) < 4.78 is 46.2. The van der Waals surface area contributed by atoms with Gasteiger partial charge in [-0.3, -0.25) is 5.41 Å². The zero-order valence-electron chi connectivity index (χ0n) is 7.87. The van der Waals surface area contributed by atoms with Crippen molar-refractivity contribution in [3.05, 3.63) is 0 Å². The molecule has 0 aromatic heterocycles. The van der Waals surface area contributed by atoms with Gasteiger partial charge in [0.15, 0.2) is 0 Å². The summed E-state index contributed by atoms with van der Waals surface area (Å²) >= 11 is 0. The van der Waals surface area contributed by atoms with Crippen molar-refractivity contribution < 1.29 is 17.2 Å². The van der Waals surface area contributed by atoms with E-state index >= 15 is 0 Å². The van der Waals surface area contributed by atoms with Gasteiger partial charge >= 0.3 is 5.76 Å². The minimum Gasteiger partial charge on any atom is -0.387 e. The quantitative estimate of drug-likeness (QED) is 0.515. The molecule has 0 aromatic carbocycles. The Morgan fingerprint density at radius 3 is 2.29 bits per heavy atom. The third-order valence-corrected chi connectivity index (χ3v) is 3.19. The predicted molar refractivity (Wildman–Crippen MR) is 48.6 cm³/mol. The second-order valence-corrected chi connectivity index (χ2v) is 4.95. The Labute approximate surface area is 81.4 Å². The lowest BCUT2D eigenvalue weighted by molar-refractivity contribution is 0.221. The van der Waals surface area contributed by atoms with Crippen LogP contribution in [0.4, 0.5) is 8.78 Å². The molecule has 5 nitrogen and oxygen atoms in total. The number of alkyl halides is 2. The maximum atomic E-state index is 12.0.